The van der Waals surface area contributed by atoms with Crippen LogP contribution in [0.1, 0.15) is 89.5 Å². The Bertz CT molecular complexity index is 446. The third-order valence-electron chi connectivity index (χ3n) is 4.63. The van der Waals surface area contributed by atoms with E-state index in [2.05, 4.69) is 12.2 Å². The van der Waals surface area contributed by atoms with E-state index in [1.165, 1.54) is 82.6 Å². The van der Waals surface area contributed by atoms with Crippen molar-refractivity contribution in [1.29, 1.82) is 0 Å². The normalized spacial score (nSPS) is 10.6. The van der Waals surface area contributed by atoms with E-state index in [4.69, 9.17) is 5.21 Å². The van der Waals surface area contributed by atoms with Crippen LogP contribution in [0.25, 0.3) is 0 Å². The van der Waals surface area contributed by atoms with Gasteiger partial charge in [-0.15, -0.1) is 0 Å². The van der Waals surface area contributed by atoms with Crippen LogP contribution in [0.3, 0.4) is 0 Å². The molecule has 25 heavy (non-hydrogen) atoms. The summed E-state index contributed by atoms with van der Waals surface area (Å²) in [7, 11) is 0. The number of hydrogen-bond acceptors (Lipinski definition) is 2. The second-order valence-corrected chi connectivity index (χ2v) is 6.90. The molecule has 0 saturated carbocycles. The number of anilines is 1. The summed E-state index contributed by atoms with van der Waals surface area (Å²) in [5, 5.41) is 11.0. The lowest BCUT2D eigenvalue weighted by molar-refractivity contribution is 0.172. The summed E-state index contributed by atoms with van der Waals surface area (Å²) < 4.78 is 0. The maximum atomic E-state index is 11.0. The number of benzene rings is 1. The number of hydrogen-bond donors (Lipinski definition) is 3. The Hall–Kier alpha value is -1.55. The molecular formula is C21H36N2O2. The number of unbranched alkanes of at least 4 members (excludes halogenated alkanes) is 11. The summed E-state index contributed by atoms with van der Waals surface area (Å²) in [6.07, 6.45) is 17.5. The van der Waals surface area contributed by atoms with Gasteiger partial charge in [-0.1, -0.05) is 89.7 Å². The van der Waals surface area contributed by atoms with Crippen LogP contribution in [0.5, 0.6) is 0 Å². The predicted molar refractivity (Wildman–Crippen MR) is 105 cm³/mol. The lowest BCUT2D eigenvalue weighted by Crippen LogP contribution is -2.24. The van der Waals surface area contributed by atoms with Crippen molar-refractivity contribution in [2.24, 2.45) is 0 Å². The Morgan fingerprint density at radius 2 is 1.28 bits per heavy atom. The highest BCUT2D eigenvalue weighted by Crippen LogP contribution is 2.15. The molecule has 2 amide bonds. The van der Waals surface area contributed by atoms with Gasteiger partial charge in [0, 0.05) is 5.69 Å². The minimum absolute atomic E-state index is 0.617. The maximum absolute atomic E-state index is 11.0. The van der Waals surface area contributed by atoms with E-state index in [1.54, 1.807) is 5.48 Å². The number of rotatable bonds is 14. The van der Waals surface area contributed by atoms with Crippen LogP contribution in [0.4, 0.5) is 10.5 Å². The fourth-order valence-corrected chi connectivity index (χ4v) is 3.08. The quantitative estimate of drug-likeness (QED) is 0.206. The Labute approximate surface area is 153 Å². The average Bonchev–Trinajstić information content (AvgIpc) is 2.64. The molecule has 0 aliphatic heterocycles. The first kappa shape index (κ1) is 21.5. The van der Waals surface area contributed by atoms with Gasteiger partial charge in [-0.2, -0.15) is 0 Å². The van der Waals surface area contributed by atoms with Crippen molar-refractivity contribution in [1.82, 2.24) is 5.48 Å². The van der Waals surface area contributed by atoms with Crippen molar-refractivity contribution in [3.05, 3.63) is 29.8 Å². The first-order valence-corrected chi connectivity index (χ1v) is 10.1. The zero-order valence-corrected chi connectivity index (χ0v) is 15.9. The van der Waals surface area contributed by atoms with Gasteiger partial charge in [0.2, 0.25) is 0 Å². The molecule has 0 aliphatic rings. The zero-order chi connectivity index (χ0) is 18.2. The van der Waals surface area contributed by atoms with Crippen LogP contribution in [-0.4, -0.2) is 11.2 Å². The number of amides is 2. The minimum Gasteiger partial charge on any atom is -0.306 e. The predicted octanol–water partition coefficient (Wildman–Crippen LogP) is 6.44. The van der Waals surface area contributed by atoms with Crippen molar-refractivity contribution in [2.45, 2.75) is 90.4 Å². The molecular weight excluding hydrogens is 312 g/mol. The standard InChI is InChI=1S/C21H36N2O2/c1-2-3-4-5-6-7-8-9-10-11-12-13-14-19-15-17-20(18-16-19)22-21(24)23-25/h15-18,25H,2-14H2,1H3,(H2,22,23,24). The van der Waals surface area contributed by atoms with E-state index in [1.807, 2.05) is 24.3 Å². The fourth-order valence-electron chi connectivity index (χ4n) is 3.08. The van der Waals surface area contributed by atoms with Crippen molar-refractivity contribution in [3.63, 3.8) is 0 Å². The number of carbonyl (C=O) groups is 1. The molecule has 3 N–H and O–H groups in total. The topological polar surface area (TPSA) is 61.4 Å². The molecule has 1 aromatic carbocycles. The lowest BCUT2D eigenvalue weighted by atomic mass is 10.0. The molecule has 0 aromatic heterocycles. The van der Waals surface area contributed by atoms with E-state index in [9.17, 15) is 4.79 Å². The smallest absolute Gasteiger partial charge is 0.306 e. The fraction of sp³-hybridized carbons (Fsp3) is 0.667. The first-order valence-electron chi connectivity index (χ1n) is 10.1. The van der Waals surface area contributed by atoms with Crippen LogP contribution < -0.4 is 10.8 Å². The molecule has 0 unspecified atom stereocenters. The molecule has 0 aliphatic carbocycles. The van der Waals surface area contributed by atoms with E-state index in [0.717, 1.165) is 6.42 Å². The van der Waals surface area contributed by atoms with Gasteiger partial charge in [-0.3, -0.25) is 5.21 Å². The largest absolute Gasteiger partial charge is 0.342 e. The van der Waals surface area contributed by atoms with Crippen molar-refractivity contribution < 1.29 is 10.0 Å². The van der Waals surface area contributed by atoms with Crippen LogP contribution in [0, 0.1) is 0 Å². The number of hydroxylamine groups is 1. The first-order chi connectivity index (χ1) is 12.3. The molecule has 4 heteroatoms. The number of carbonyl (C=O) groups excluding carboxylic acids is 1. The van der Waals surface area contributed by atoms with Gasteiger partial charge in [-0.05, 0) is 30.5 Å². The van der Waals surface area contributed by atoms with Crippen molar-refractivity contribution in [2.75, 3.05) is 5.32 Å². The summed E-state index contributed by atoms with van der Waals surface area (Å²) in [5.74, 6) is 0. The van der Waals surface area contributed by atoms with E-state index in [0.29, 0.717) is 5.69 Å². The molecule has 0 radical (unpaired) electrons. The number of nitrogens with one attached hydrogen (secondary N) is 2. The summed E-state index contributed by atoms with van der Waals surface area (Å²) in [5.41, 5.74) is 3.53. The van der Waals surface area contributed by atoms with Gasteiger partial charge >= 0.3 is 6.03 Å². The van der Waals surface area contributed by atoms with Crippen LogP contribution in [0.2, 0.25) is 0 Å². The Kier molecular flexibility index (Phi) is 12.7. The second kappa shape index (κ2) is 14.8. The molecule has 4 nitrogen and oxygen atoms in total. The summed E-state index contributed by atoms with van der Waals surface area (Å²) >= 11 is 0. The molecule has 0 bridgehead atoms. The van der Waals surface area contributed by atoms with Gasteiger partial charge < -0.3 is 5.32 Å². The molecule has 0 fully saturated rings. The van der Waals surface area contributed by atoms with Crippen LogP contribution in [-0.2, 0) is 6.42 Å². The van der Waals surface area contributed by atoms with E-state index < -0.39 is 6.03 Å². The lowest BCUT2D eigenvalue weighted by Gasteiger charge is -2.06. The second-order valence-electron chi connectivity index (χ2n) is 6.90. The molecule has 0 atom stereocenters. The Morgan fingerprint density at radius 3 is 1.76 bits per heavy atom. The van der Waals surface area contributed by atoms with Crippen LogP contribution >= 0.6 is 0 Å². The average molecular weight is 349 g/mol. The Morgan fingerprint density at radius 1 is 0.800 bits per heavy atom. The van der Waals surface area contributed by atoms with Crippen molar-refractivity contribution >= 4 is 11.7 Å². The number of aryl methyl sites for hydroxylation is 1. The SMILES string of the molecule is CCCCCCCCCCCCCCc1ccc(NC(=O)NO)cc1. The van der Waals surface area contributed by atoms with Crippen LogP contribution in [0.15, 0.2) is 24.3 Å². The number of urea groups is 1. The summed E-state index contributed by atoms with van der Waals surface area (Å²) in [6, 6.07) is 7.18. The minimum atomic E-state index is -0.617. The van der Waals surface area contributed by atoms with Crippen molar-refractivity contribution in [3.8, 4) is 0 Å². The highest BCUT2D eigenvalue weighted by Gasteiger charge is 2.00. The monoisotopic (exact) mass is 348 g/mol. The third kappa shape index (κ3) is 11.6. The highest BCUT2D eigenvalue weighted by atomic mass is 16.5. The molecule has 1 aromatic rings. The zero-order valence-electron chi connectivity index (χ0n) is 15.9. The molecule has 1 rings (SSSR count). The summed E-state index contributed by atoms with van der Waals surface area (Å²) in [4.78, 5) is 11.0. The third-order valence-corrected chi connectivity index (χ3v) is 4.63. The van der Waals surface area contributed by atoms with Gasteiger partial charge in [0.25, 0.3) is 0 Å². The van der Waals surface area contributed by atoms with Gasteiger partial charge in [0.15, 0.2) is 0 Å². The highest BCUT2D eigenvalue weighted by molar-refractivity contribution is 5.88. The molecule has 0 spiro atoms. The molecule has 142 valence electrons. The van der Waals surface area contributed by atoms with Gasteiger partial charge in [0.05, 0.1) is 0 Å². The Balaban J connectivity index is 1.95. The van der Waals surface area contributed by atoms with E-state index in [-0.39, 0.29) is 0 Å². The van der Waals surface area contributed by atoms with Gasteiger partial charge in [0.1, 0.15) is 0 Å². The van der Waals surface area contributed by atoms with E-state index >= 15 is 0 Å². The van der Waals surface area contributed by atoms with Gasteiger partial charge in [-0.25, -0.2) is 10.3 Å². The molecule has 0 heterocycles. The maximum Gasteiger partial charge on any atom is 0.342 e. The molecule has 0 saturated heterocycles. The summed E-state index contributed by atoms with van der Waals surface area (Å²) in [6.45, 7) is 2.27.